The molecule has 0 aromatic carbocycles. The molecule has 1 aliphatic heterocycles. The number of allylic oxidation sites excluding steroid dienone is 2. The lowest BCUT2D eigenvalue weighted by molar-refractivity contribution is 0.284. The third kappa shape index (κ3) is 3.08. The molecular formula is C21H18FN5. The van der Waals surface area contributed by atoms with Crippen LogP contribution < -0.4 is 0 Å². The Morgan fingerprint density at radius 3 is 2.85 bits per heavy atom. The normalized spacial score (nSPS) is 14.3. The molecule has 3 aromatic rings. The average molecular weight is 359 g/mol. The van der Waals surface area contributed by atoms with Crippen LogP contribution in [0.25, 0.3) is 28.0 Å². The first kappa shape index (κ1) is 17.0. The summed E-state index contributed by atoms with van der Waals surface area (Å²) in [7, 11) is 0. The molecule has 0 atom stereocenters. The first-order valence-corrected chi connectivity index (χ1v) is 8.65. The molecule has 0 saturated carbocycles. The van der Waals surface area contributed by atoms with E-state index in [0.29, 0.717) is 12.1 Å². The van der Waals surface area contributed by atoms with Gasteiger partial charge in [-0.25, -0.2) is 9.97 Å². The van der Waals surface area contributed by atoms with Crippen molar-refractivity contribution in [3.05, 3.63) is 66.4 Å². The van der Waals surface area contributed by atoms with Crippen molar-refractivity contribution in [2.24, 2.45) is 0 Å². The van der Waals surface area contributed by atoms with Crippen LogP contribution in [0.15, 0.2) is 54.9 Å². The summed E-state index contributed by atoms with van der Waals surface area (Å²) in [4.78, 5) is 13.4. The largest absolute Gasteiger partial charge is 0.349 e. The van der Waals surface area contributed by atoms with Gasteiger partial charge in [0, 0.05) is 52.9 Å². The minimum Gasteiger partial charge on any atom is -0.349 e. The first-order chi connectivity index (χ1) is 13.0. The Bertz CT molecular complexity index is 1120. The van der Waals surface area contributed by atoms with Crippen LogP contribution in [-0.4, -0.2) is 31.9 Å². The maximum absolute atomic E-state index is 13.4. The van der Waals surface area contributed by atoms with Crippen molar-refractivity contribution in [2.45, 2.75) is 19.4 Å². The second-order valence-corrected chi connectivity index (χ2v) is 6.97. The second-order valence-electron chi connectivity index (χ2n) is 6.97. The third-order valence-electron chi connectivity index (χ3n) is 4.72. The van der Waals surface area contributed by atoms with E-state index in [-0.39, 0.29) is 0 Å². The van der Waals surface area contributed by atoms with Gasteiger partial charge in [0.2, 0.25) is 5.95 Å². The van der Waals surface area contributed by atoms with Crippen LogP contribution in [0.4, 0.5) is 4.39 Å². The molecule has 0 unspecified atom stereocenters. The monoisotopic (exact) mass is 359 g/mol. The summed E-state index contributed by atoms with van der Waals surface area (Å²) in [5.74, 6) is -0.520. The lowest BCUT2D eigenvalue weighted by Crippen LogP contribution is -2.42. The summed E-state index contributed by atoms with van der Waals surface area (Å²) in [6, 6.07) is 9.48. The molecule has 0 bridgehead atoms. The number of nitriles is 1. The highest BCUT2D eigenvalue weighted by Gasteiger charge is 2.29. The van der Waals surface area contributed by atoms with Crippen LogP contribution in [0.5, 0.6) is 0 Å². The third-order valence-corrected chi connectivity index (χ3v) is 4.72. The fourth-order valence-electron chi connectivity index (χ4n) is 3.24. The highest BCUT2D eigenvalue weighted by atomic mass is 19.1. The number of pyridine rings is 2. The molecule has 1 aliphatic rings. The van der Waals surface area contributed by atoms with Gasteiger partial charge in [0.25, 0.3) is 0 Å². The van der Waals surface area contributed by atoms with Crippen LogP contribution >= 0.6 is 0 Å². The number of aromatic nitrogens is 3. The Morgan fingerprint density at radius 2 is 2.07 bits per heavy atom. The minimum atomic E-state index is -0.635. The number of nitrogens with one attached hydrogen (secondary N) is 1. The molecule has 1 N–H and O–H groups in total. The number of H-pyrrole nitrogens is 1. The predicted octanol–water partition coefficient (Wildman–Crippen LogP) is 4.28. The molecule has 27 heavy (non-hydrogen) atoms. The minimum absolute atomic E-state index is 0.520. The quantitative estimate of drug-likeness (QED) is 0.709. The Balaban J connectivity index is 1.76. The maximum atomic E-state index is 13.4. The van der Waals surface area contributed by atoms with E-state index in [0.717, 1.165) is 28.0 Å². The number of rotatable bonds is 3. The van der Waals surface area contributed by atoms with Gasteiger partial charge in [0.1, 0.15) is 11.2 Å². The molecule has 0 saturated heterocycles. The van der Waals surface area contributed by atoms with E-state index in [1.54, 1.807) is 12.3 Å². The zero-order valence-corrected chi connectivity index (χ0v) is 15.1. The zero-order valence-electron chi connectivity index (χ0n) is 15.1. The second kappa shape index (κ2) is 6.36. The van der Waals surface area contributed by atoms with E-state index in [9.17, 15) is 9.65 Å². The van der Waals surface area contributed by atoms with Crippen molar-refractivity contribution in [1.82, 2.24) is 19.9 Å². The summed E-state index contributed by atoms with van der Waals surface area (Å²) >= 11 is 0. The van der Waals surface area contributed by atoms with Crippen LogP contribution in [0.2, 0.25) is 0 Å². The number of nitrogens with zero attached hydrogens (tertiary/aromatic N) is 4. The first-order valence-electron chi connectivity index (χ1n) is 8.65. The molecule has 6 heteroatoms. The van der Waals surface area contributed by atoms with Crippen molar-refractivity contribution in [2.75, 3.05) is 6.54 Å². The van der Waals surface area contributed by atoms with Crippen molar-refractivity contribution < 1.29 is 4.39 Å². The lowest BCUT2D eigenvalue weighted by atomic mass is 9.99. The lowest BCUT2D eigenvalue weighted by Gasteiger charge is -2.37. The van der Waals surface area contributed by atoms with Gasteiger partial charge in [0.15, 0.2) is 0 Å². The molecule has 0 spiro atoms. The Hall–Kier alpha value is -3.46. The summed E-state index contributed by atoms with van der Waals surface area (Å²) in [5.41, 5.74) is 3.47. The highest BCUT2D eigenvalue weighted by molar-refractivity contribution is 5.86. The number of hydrogen-bond acceptors (Lipinski definition) is 4. The summed E-state index contributed by atoms with van der Waals surface area (Å²) in [5, 5.41) is 10.5. The van der Waals surface area contributed by atoms with E-state index in [1.165, 1.54) is 12.3 Å². The van der Waals surface area contributed by atoms with Crippen molar-refractivity contribution in [3.63, 3.8) is 0 Å². The predicted molar refractivity (Wildman–Crippen MR) is 103 cm³/mol. The number of halogens is 1. The Morgan fingerprint density at radius 1 is 1.22 bits per heavy atom. The van der Waals surface area contributed by atoms with Crippen LogP contribution in [0.1, 0.15) is 19.4 Å². The van der Waals surface area contributed by atoms with Gasteiger partial charge in [0.05, 0.1) is 6.07 Å². The summed E-state index contributed by atoms with van der Waals surface area (Å²) < 4.78 is 13.4. The Kier molecular flexibility index (Phi) is 4.00. The number of fused-ring (bicyclic) bond motifs is 1. The number of hydrogen-bond donors (Lipinski definition) is 1. The van der Waals surface area contributed by atoms with Gasteiger partial charge in [-0.2, -0.15) is 9.65 Å². The van der Waals surface area contributed by atoms with Gasteiger partial charge in [-0.05, 0) is 38.1 Å². The Labute approximate surface area is 156 Å². The van der Waals surface area contributed by atoms with E-state index in [2.05, 4.69) is 25.9 Å². The fraction of sp³-hybridized carbons (Fsp3) is 0.190. The SMILES string of the molecule is CC(C)(C#N)N1CC=CC=C1c1cnc2[nH]c(-c3ccnc(F)c3)cc2c1. The van der Waals surface area contributed by atoms with Gasteiger partial charge >= 0.3 is 0 Å². The molecule has 4 rings (SSSR count). The molecule has 3 aromatic heterocycles. The maximum Gasteiger partial charge on any atom is 0.213 e. The van der Waals surface area contributed by atoms with Gasteiger partial charge in [-0.3, -0.25) is 0 Å². The molecule has 5 nitrogen and oxygen atoms in total. The van der Waals surface area contributed by atoms with Crippen molar-refractivity contribution in [1.29, 1.82) is 5.26 Å². The van der Waals surface area contributed by atoms with Gasteiger partial charge in [-0.1, -0.05) is 12.2 Å². The zero-order chi connectivity index (χ0) is 19.0. The van der Waals surface area contributed by atoms with Gasteiger partial charge in [-0.15, -0.1) is 0 Å². The van der Waals surface area contributed by atoms with Crippen LogP contribution in [-0.2, 0) is 0 Å². The van der Waals surface area contributed by atoms with Gasteiger partial charge < -0.3 is 9.88 Å². The molecule has 0 radical (unpaired) electrons. The fourth-order valence-corrected chi connectivity index (χ4v) is 3.24. The van der Waals surface area contributed by atoms with Crippen molar-refractivity contribution in [3.8, 4) is 17.3 Å². The van der Waals surface area contributed by atoms with E-state index in [1.807, 2.05) is 44.2 Å². The molecule has 0 amide bonds. The van der Waals surface area contributed by atoms with Crippen molar-refractivity contribution >= 4 is 16.7 Å². The summed E-state index contributed by atoms with van der Waals surface area (Å²) in [6.07, 6.45) is 9.25. The highest BCUT2D eigenvalue weighted by Crippen LogP contribution is 2.31. The van der Waals surface area contributed by atoms with E-state index >= 15 is 0 Å². The molecule has 134 valence electrons. The smallest absolute Gasteiger partial charge is 0.213 e. The van der Waals surface area contributed by atoms with Crippen LogP contribution in [0.3, 0.4) is 0 Å². The van der Waals surface area contributed by atoms with E-state index < -0.39 is 11.5 Å². The summed E-state index contributed by atoms with van der Waals surface area (Å²) in [6.45, 7) is 4.47. The molecule has 0 aliphatic carbocycles. The topological polar surface area (TPSA) is 68.6 Å². The molecule has 4 heterocycles. The molecular weight excluding hydrogens is 341 g/mol. The van der Waals surface area contributed by atoms with E-state index in [4.69, 9.17) is 0 Å². The molecule has 0 fully saturated rings. The average Bonchev–Trinajstić information content (AvgIpc) is 3.11. The number of aromatic amines is 1. The standard InChI is InChI=1S/C21H18FN5/c1-21(2,13-23)27-8-4-3-5-18(27)16-9-15-10-17(26-20(15)25-12-16)14-6-7-24-19(22)11-14/h3-7,9-12H,8H2,1-2H3,(H,25,26). The van der Waals surface area contributed by atoms with Crippen LogP contribution in [0, 0.1) is 17.3 Å².